The number of cyclic esters (lactones) is 1. The summed E-state index contributed by atoms with van der Waals surface area (Å²) in [5.41, 5.74) is 0. The van der Waals surface area contributed by atoms with E-state index in [0.717, 1.165) is 82.7 Å². The predicted molar refractivity (Wildman–Crippen MR) is 234 cm³/mol. The van der Waals surface area contributed by atoms with Crippen LogP contribution >= 0.6 is 11.8 Å². The molecule has 310 valence electrons. The summed E-state index contributed by atoms with van der Waals surface area (Å²) in [4.78, 5) is 29.9. The Morgan fingerprint density at radius 1 is 0.698 bits per heavy atom. The van der Waals surface area contributed by atoms with Gasteiger partial charge in [-0.05, 0) is 83.7 Å². The van der Waals surface area contributed by atoms with E-state index in [1.165, 1.54) is 147 Å². The molecule has 0 fully saturated rings. The molecule has 1 rings (SSSR count). The number of amides is 1. The molecule has 1 heterocycles. The maximum atomic E-state index is 13.1. The molecule has 0 N–H and O–H groups in total. The highest BCUT2D eigenvalue weighted by molar-refractivity contribution is 8.13. The van der Waals surface area contributed by atoms with E-state index in [2.05, 4.69) is 62.0 Å². The molecule has 0 bridgehead atoms. The fourth-order valence-corrected chi connectivity index (χ4v) is 8.57. The lowest BCUT2D eigenvalue weighted by molar-refractivity contribution is -0.144. The summed E-state index contributed by atoms with van der Waals surface area (Å²) in [6.07, 6.45) is 46.0. The Morgan fingerprint density at radius 2 is 1.26 bits per heavy atom. The van der Waals surface area contributed by atoms with Gasteiger partial charge in [-0.25, -0.2) is 0 Å². The lowest BCUT2D eigenvalue weighted by atomic mass is 9.90. The molecule has 5 nitrogen and oxygen atoms in total. The second-order valence-corrected chi connectivity index (χ2v) is 17.5. The van der Waals surface area contributed by atoms with E-state index in [1.54, 1.807) is 0 Å². The van der Waals surface area contributed by atoms with Crippen molar-refractivity contribution in [3.8, 4) is 0 Å². The first kappa shape index (κ1) is 49.7. The first-order chi connectivity index (χ1) is 26.0. The molecular formula is C47H88N2O3S. The SMILES string of the molecule is CCCCCCC1CCCCCC(CC)CCCCC/C=C\C/C=C\CCCCCCCN(C(=O)SCCN(C)C)CCCCCCCC(=O)OCC1. The number of unbranched alkanes of at least 4 members (excludes halogenated alkanes) is 3. The summed E-state index contributed by atoms with van der Waals surface area (Å²) < 4.78 is 5.76. The Morgan fingerprint density at radius 3 is 1.89 bits per heavy atom. The molecule has 1 aliphatic heterocycles. The number of nitrogens with zero attached hydrogens (tertiary/aromatic N) is 2. The molecule has 1 aliphatic rings. The first-order valence-electron chi connectivity index (χ1n) is 23.0. The predicted octanol–water partition coefficient (Wildman–Crippen LogP) is 14.3. The van der Waals surface area contributed by atoms with E-state index in [-0.39, 0.29) is 11.2 Å². The van der Waals surface area contributed by atoms with Crippen molar-refractivity contribution in [3.05, 3.63) is 24.3 Å². The van der Waals surface area contributed by atoms with Gasteiger partial charge in [0, 0.05) is 31.8 Å². The Balaban J connectivity index is 2.61. The highest BCUT2D eigenvalue weighted by Gasteiger charge is 2.15. The van der Waals surface area contributed by atoms with E-state index in [9.17, 15) is 9.59 Å². The van der Waals surface area contributed by atoms with Gasteiger partial charge in [0.05, 0.1) is 6.61 Å². The summed E-state index contributed by atoms with van der Waals surface area (Å²) in [5, 5.41) is 0.247. The third-order valence-corrected chi connectivity index (χ3v) is 12.2. The zero-order chi connectivity index (χ0) is 38.5. The molecule has 0 aromatic carbocycles. The quantitative estimate of drug-likeness (QED) is 0.133. The number of thioether (sulfide) groups is 1. The van der Waals surface area contributed by atoms with Gasteiger partial charge in [0.25, 0.3) is 5.24 Å². The van der Waals surface area contributed by atoms with Crippen LogP contribution in [0.2, 0.25) is 0 Å². The zero-order valence-corrected chi connectivity index (χ0v) is 36.6. The van der Waals surface area contributed by atoms with Crippen LogP contribution in [-0.2, 0) is 9.53 Å². The van der Waals surface area contributed by atoms with Crippen LogP contribution in [0, 0.1) is 11.8 Å². The number of hydrogen-bond acceptors (Lipinski definition) is 5. The number of carbonyl (C=O) groups excluding carboxylic acids is 2. The van der Waals surface area contributed by atoms with Gasteiger partial charge in [-0.3, -0.25) is 9.59 Å². The minimum atomic E-state index is -0.0111. The largest absolute Gasteiger partial charge is 0.466 e. The second-order valence-electron chi connectivity index (χ2n) is 16.4. The lowest BCUT2D eigenvalue weighted by Gasteiger charge is -2.22. The highest BCUT2D eigenvalue weighted by Crippen LogP contribution is 2.25. The summed E-state index contributed by atoms with van der Waals surface area (Å²) in [6.45, 7) is 7.93. The maximum Gasteiger partial charge on any atom is 0.305 e. The van der Waals surface area contributed by atoms with Gasteiger partial charge in [0.15, 0.2) is 0 Å². The minimum Gasteiger partial charge on any atom is -0.466 e. The van der Waals surface area contributed by atoms with Gasteiger partial charge in [-0.15, -0.1) is 0 Å². The summed E-state index contributed by atoms with van der Waals surface area (Å²) >= 11 is 1.48. The standard InChI is InChI=1S/C47H88N2O3S/c1-5-7-8-26-35-45-36-29-25-28-34-44(6-2)33-27-21-18-16-14-12-10-9-11-13-15-17-19-23-31-39-49(47(51)53-43-41-48(3)4)40-32-24-20-22-30-37-46(50)52-42-38-45/h9,11-12,14,44-45H,5-8,10,13,15-43H2,1-4H3/b11-9-,14-12-. The van der Waals surface area contributed by atoms with Crippen molar-refractivity contribution < 1.29 is 14.3 Å². The highest BCUT2D eigenvalue weighted by atomic mass is 32.2. The molecule has 0 spiro atoms. The zero-order valence-electron chi connectivity index (χ0n) is 35.7. The van der Waals surface area contributed by atoms with Crippen molar-refractivity contribution in [1.82, 2.24) is 9.80 Å². The average molecular weight is 761 g/mol. The van der Waals surface area contributed by atoms with Gasteiger partial charge < -0.3 is 14.5 Å². The topological polar surface area (TPSA) is 49.9 Å². The van der Waals surface area contributed by atoms with Crippen LogP contribution in [0.3, 0.4) is 0 Å². The molecule has 0 saturated heterocycles. The monoisotopic (exact) mass is 761 g/mol. The first-order valence-corrected chi connectivity index (χ1v) is 24.0. The van der Waals surface area contributed by atoms with Crippen molar-refractivity contribution in [2.75, 3.05) is 46.1 Å². The van der Waals surface area contributed by atoms with Crippen LogP contribution in [-0.4, -0.2) is 67.1 Å². The summed E-state index contributed by atoms with van der Waals surface area (Å²) in [7, 11) is 4.13. The number of esters is 1. The molecule has 0 aromatic rings. The van der Waals surface area contributed by atoms with Crippen molar-refractivity contribution in [2.45, 2.75) is 206 Å². The van der Waals surface area contributed by atoms with Gasteiger partial charge in [0.2, 0.25) is 0 Å². The lowest BCUT2D eigenvalue weighted by Crippen LogP contribution is -2.30. The molecular weight excluding hydrogens is 673 g/mol. The fraction of sp³-hybridized carbons (Fsp3) is 0.872. The third kappa shape index (κ3) is 32.7. The molecule has 53 heavy (non-hydrogen) atoms. The van der Waals surface area contributed by atoms with Crippen LogP contribution in [0.5, 0.6) is 0 Å². The Kier molecular flexibility index (Phi) is 35.3. The molecule has 2 unspecified atom stereocenters. The molecule has 6 heteroatoms. The molecule has 0 radical (unpaired) electrons. The van der Waals surface area contributed by atoms with Gasteiger partial charge in [-0.2, -0.15) is 0 Å². The number of ether oxygens (including phenoxy) is 1. The molecule has 0 aliphatic carbocycles. The van der Waals surface area contributed by atoms with Crippen molar-refractivity contribution in [3.63, 3.8) is 0 Å². The number of allylic oxidation sites excluding steroid dienone is 4. The normalized spacial score (nSPS) is 23.6. The van der Waals surface area contributed by atoms with E-state index in [4.69, 9.17) is 4.74 Å². The van der Waals surface area contributed by atoms with Gasteiger partial charge in [-0.1, -0.05) is 178 Å². The molecule has 1 amide bonds. The number of hydrogen-bond donors (Lipinski definition) is 0. The Bertz CT molecular complexity index is 891. The number of carbonyl (C=O) groups is 2. The fourth-order valence-electron chi connectivity index (χ4n) is 7.58. The molecule has 2 atom stereocenters. The second kappa shape index (κ2) is 37.6. The van der Waals surface area contributed by atoms with E-state index >= 15 is 0 Å². The van der Waals surface area contributed by atoms with Crippen LogP contribution in [0.15, 0.2) is 24.3 Å². The molecule has 0 aromatic heterocycles. The van der Waals surface area contributed by atoms with Crippen LogP contribution < -0.4 is 0 Å². The Hall–Kier alpha value is -1.27. The van der Waals surface area contributed by atoms with E-state index in [1.807, 2.05) is 0 Å². The van der Waals surface area contributed by atoms with E-state index < -0.39 is 0 Å². The van der Waals surface area contributed by atoms with Gasteiger partial charge >= 0.3 is 5.97 Å². The van der Waals surface area contributed by atoms with Crippen molar-refractivity contribution in [1.29, 1.82) is 0 Å². The minimum absolute atomic E-state index is 0.0111. The van der Waals surface area contributed by atoms with Crippen LogP contribution in [0.1, 0.15) is 206 Å². The molecule has 0 saturated carbocycles. The smallest absolute Gasteiger partial charge is 0.305 e. The Labute approximate surface area is 334 Å². The van der Waals surface area contributed by atoms with E-state index in [0.29, 0.717) is 18.9 Å². The summed E-state index contributed by atoms with van der Waals surface area (Å²) in [5.74, 6) is 2.44. The third-order valence-electron chi connectivity index (χ3n) is 11.3. The number of rotatable bonds is 9. The summed E-state index contributed by atoms with van der Waals surface area (Å²) in [6, 6.07) is 0. The van der Waals surface area contributed by atoms with Crippen molar-refractivity contribution >= 4 is 23.0 Å². The average Bonchev–Trinajstić information content (AvgIpc) is 3.14. The maximum absolute atomic E-state index is 13.1. The van der Waals surface area contributed by atoms with Crippen molar-refractivity contribution in [2.24, 2.45) is 11.8 Å². The van der Waals surface area contributed by atoms with Gasteiger partial charge in [0.1, 0.15) is 0 Å². The van der Waals surface area contributed by atoms with Crippen LogP contribution in [0.25, 0.3) is 0 Å². The van der Waals surface area contributed by atoms with Crippen LogP contribution in [0.4, 0.5) is 4.79 Å².